The van der Waals surface area contributed by atoms with Gasteiger partial charge in [-0.25, -0.2) is 0 Å². The molecule has 2 amide bonds. The second-order valence-electron chi connectivity index (χ2n) is 9.90. The van der Waals surface area contributed by atoms with Crippen molar-refractivity contribution in [2.24, 2.45) is 11.8 Å². The molecule has 2 unspecified atom stereocenters. The Labute approximate surface area is 209 Å². The quantitative estimate of drug-likeness (QED) is 0.203. The molecule has 5 atom stereocenters. The lowest BCUT2D eigenvalue weighted by Gasteiger charge is -2.36. The molecule has 3 rings (SSSR count). The monoisotopic (exact) mass is 490 g/mol. The molecule has 3 fully saturated rings. The molecule has 3 saturated heterocycles. The van der Waals surface area contributed by atoms with Crippen molar-refractivity contribution in [3.63, 3.8) is 0 Å². The first kappa shape index (κ1) is 27.4. The Morgan fingerprint density at radius 2 is 2.03 bits per heavy atom. The summed E-state index contributed by atoms with van der Waals surface area (Å²) in [6.07, 6.45) is 9.75. The van der Waals surface area contributed by atoms with Crippen LogP contribution < -0.4 is 0 Å². The summed E-state index contributed by atoms with van der Waals surface area (Å²) in [5.41, 5.74) is -0.998. The van der Waals surface area contributed by atoms with Crippen molar-refractivity contribution in [1.29, 1.82) is 0 Å². The Morgan fingerprint density at radius 1 is 1.23 bits per heavy atom. The highest BCUT2D eigenvalue weighted by Crippen LogP contribution is 2.58. The zero-order valence-corrected chi connectivity index (χ0v) is 21.2. The number of carbonyl (C=O) groups excluding carboxylic acids is 3. The van der Waals surface area contributed by atoms with Gasteiger partial charge in [-0.2, -0.15) is 0 Å². The highest BCUT2D eigenvalue weighted by atomic mass is 16.6. The summed E-state index contributed by atoms with van der Waals surface area (Å²) in [6, 6.07) is -0.758. The highest BCUT2D eigenvalue weighted by molar-refractivity contribution is 5.98. The van der Waals surface area contributed by atoms with Crippen molar-refractivity contribution in [2.75, 3.05) is 32.8 Å². The van der Waals surface area contributed by atoms with E-state index in [2.05, 4.69) is 20.1 Å². The zero-order chi connectivity index (χ0) is 25.4. The fourth-order valence-electron chi connectivity index (χ4n) is 6.02. The van der Waals surface area contributed by atoms with Gasteiger partial charge in [0, 0.05) is 26.2 Å². The van der Waals surface area contributed by atoms with E-state index in [9.17, 15) is 14.4 Å². The van der Waals surface area contributed by atoms with E-state index in [1.54, 1.807) is 22.0 Å². The van der Waals surface area contributed by atoms with Gasteiger partial charge in [0.1, 0.15) is 11.6 Å². The van der Waals surface area contributed by atoms with E-state index in [4.69, 9.17) is 14.6 Å². The van der Waals surface area contributed by atoms with Crippen molar-refractivity contribution >= 4 is 17.8 Å². The first-order valence-corrected chi connectivity index (χ1v) is 13.2. The second kappa shape index (κ2) is 12.7. The number of nitrogens with zero attached hydrogens (tertiary/aromatic N) is 2. The van der Waals surface area contributed by atoms with Gasteiger partial charge in [0.15, 0.2) is 0 Å². The van der Waals surface area contributed by atoms with Gasteiger partial charge in [0.25, 0.3) is 0 Å². The van der Waals surface area contributed by atoms with Crippen LogP contribution in [0.3, 0.4) is 0 Å². The molecule has 3 aliphatic rings. The van der Waals surface area contributed by atoms with Crippen LogP contribution in [0.5, 0.6) is 0 Å². The normalized spacial score (nSPS) is 28.7. The Bertz CT molecular complexity index is 786. The lowest BCUT2D eigenvalue weighted by molar-refractivity contribution is -0.155. The lowest BCUT2D eigenvalue weighted by atomic mass is 9.70. The maximum atomic E-state index is 14.0. The van der Waals surface area contributed by atoms with Gasteiger partial charge in [-0.3, -0.25) is 14.4 Å². The number of fused-ring (bicyclic) bond motifs is 1. The van der Waals surface area contributed by atoms with Crippen LogP contribution in [0.25, 0.3) is 0 Å². The number of rotatable bonds is 16. The van der Waals surface area contributed by atoms with Crippen LogP contribution >= 0.6 is 0 Å². The Hall–Kier alpha value is -2.19. The standard InChI is InChI=1S/C27H42N2O6/c1-4-7-10-16-28(15-6-3)25(32)23-27-14-13-20(35-27)21(26(33)34-19-8-5-2)22(27)24(31)29(23)17-11-9-12-18-30/h5-6,20-23,30H,2-4,7-19H2,1H3/t20-,21+,22-,23?,27?/m0/s1. The van der Waals surface area contributed by atoms with E-state index in [-0.39, 0.29) is 25.0 Å². The number of hydrogen-bond donors (Lipinski definition) is 1. The zero-order valence-electron chi connectivity index (χ0n) is 21.2. The third-order valence-corrected chi connectivity index (χ3v) is 7.62. The second-order valence-corrected chi connectivity index (χ2v) is 9.90. The molecule has 0 radical (unpaired) electrons. The van der Waals surface area contributed by atoms with Crippen molar-refractivity contribution in [2.45, 2.75) is 82.5 Å². The van der Waals surface area contributed by atoms with E-state index in [0.717, 1.165) is 25.7 Å². The summed E-state index contributed by atoms with van der Waals surface area (Å²) in [6.45, 7) is 11.3. The summed E-state index contributed by atoms with van der Waals surface area (Å²) in [4.78, 5) is 44.3. The Kier molecular flexibility index (Phi) is 9.92. The molecule has 1 spiro atoms. The predicted octanol–water partition coefficient (Wildman–Crippen LogP) is 2.85. The molecule has 2 bridgehead atoms. The molecule has 0 aromatic heterocycles. The van der Waals surface area contributed by atoms with Gasteiger partial charge in [0.05, 0.1) is 24.5 Å². The molecule has 3 aliphatic heterocycles. The maximum Gasteiger partial charge on any atom is 0.312 e. The maximum absolute atomic E-state index is 14.0. The number of aliphatic hydroxyl groups is 1. The van der Waals surface area contributed by atoms with Crippen molar-refractivity contribution in [3.8, 4) is 0 Å². The molecule has 8 nitrogen and oxygen atoms in total. The molecule has 0 saturated carbocycles. The first-order valence-electron chi connectivity index (χ1n) is 13.2. The van der Waals surface area contributed by atoms with E-state index in [1.165, 1.54) is 0 Å². The topological polar surface area (TPSA) is 96.4 Å². The summed E-state index contributed by atoms with van der Waals surface area (Å²) in [7, 11) is 0. The summed E-state index contributed by atoms with van der Waals surface area (Å²) >= 11 is 0. The number of ether oxygens (including phenoxy) is 2. The number of likely N-dealkylation sites (tertiary alicyclic amines) is 1. The van der Waals surface area contributed by atoms with Gasteiger partial charge in [0.2, 0.25) is 11.8 Å². The summed E-state index contributed by atoms with van der Waals surface area (Å²) < 4.78 is 11.9. The Balaban J connectivity index is 1.89. The third kappa shape index (κ3) is 5.48. The average molecular weight is 491 g/mol. The minimum Gasteiger partial charge on any atom is -0.465 e. The molecule has 0 aromatic rings. The van der Waals surface area contributed by atoms with E-state index in [0.29, 0.717) is 51.7 Å². The minimum absolute atomic E-state index is 0.0941. The molecule has 35 heavy (non-hydrogen) atoms. The van der Waals surface area contributed by atoms with E-state index >= 15 is 0 Å². The van der Waals surface area contributed by atoms with Gasteiger partial charge in [-0.15, -0.1) is 13.2 Å². The van der Waals surface area contributed by atoms with Crippen molar-refractivity contribution < 1.29 is 29.0 Å². The van der Waals surface area contributed by atoms with Crippen LogP contribution in [0.2, 0.25) is 0 Å². The van der Waals surface area contributed by atoms with Crippen molar-refractivity contribution in [1.82, 2.24) is 9.80 Å². The first-order chi connectivity index (χ1) is 17.0. The van der Waals surface area contributed by atoms with Gasteiger partial charge in [-0.1, -0.05) is 31.9 Å². The van der Waals surface area contributed by atoms with Crippen LogP contribution in [0.1, 0.15) is 64.7 Å². The molecule has 3 heterocycles. The third-order valence-electron chi connectivity index (χ3n) is 7.62. The summed E-state index contributed by atoms with van der Waals surface area (Å²) in [5, 5.41) is 9.16. The molecule has 1 N–H and O–H groups in total. The fourth-order valence-corrected chi connectivity index (χ4v) is 6.02. The Morgan fingerprint density at radius 3 is 2.71 bits per heavy atom. The number of amides is 2. The molecule has 196 valence electrons. The van der Waals surface area contributed by atoms with Gasteiger partial charge >= 0.3 is 5.97 Å². The van der Waals surface area contributed by atoms with Crippen molar-refractivity contribution in [3.05, 3.63) is 25.3 Å². The smallest absolute Gasteiger partial charge is 0.312 e. The lowest BCUT2D eigenvalue weighted by Crippen LogP contribution is -2.56. The van der Waals surface area contributed by atoms with Gasteiger partial charge in [-0.05, 0) is 44.9 Å². The fraction of sp³-hybridized carbons (Fsp3) is 0.741. The molecule has 8 heteroatoms. The van der Waals surface area contributed by atoms with Crippen LogP contribution in [0, 0.1) is 11.8 Å². The number of esters is 1. The molecular formula is C27H42N2O6. The summed E-state index contributed by atoms with van der Waals surface area (Å²) in [5.74, 6) is -2.12. The van der Waals surface area contributed by atoms with E-state index in [1.807, 2.05) is 0 Å². The van der Waals surface area contributed by atoms with Gasteiger partial charge < -0.3 is 24.4 Å². The molecular weight excluding hydrogens is 448 g/mol. The number of carbonyl (C=O) groups is 3. The average Bonchev–Trinajstić information content (AvgIpc) is 3.48. The molecule has 0 aliphatic carbocycles. The number of hydrogen-bond acceptors (Lipinski definition) is 6. The van der Waals surface area contributed by atoms with Crippen LogP contribution in [-0.2, 0) is 23.9 Å². The number of aliphatic hydroxyl groups excluding tert-OH is 1. The molecule has 0 aromatic carbocycles. The van der Waals surface area contributed by atoms with E-state index < -0.39 is 35.6 Å². The minimum atomic E-state index is -0.998. The number of unbranched alkanes of at least 4 members (excludes halogenated alkanes) is 4. The SMILES string of the molecule is C=CCCOC(=O)[C@@H]1[C@@H]2CCC3(O2)C(C(=O)N(CC=C)CCCCC)N(CCCCCO)C(=O)[C@H]13. The predicted molar refractivity (Wildman–Crippen MR) is 132 cm³/mol. The van der Waals surface area contributed by atoms with Crippen LogP contribution in [-0.4, -0.2) is 83.3 Å². The highest BCUT2D eigenvalue weighted by Gasteiger charge is 2.74. The largest absolute Gasteiger partial charge is 0.465 e. The van der Waals surface area contributed by atoms with Crippen LogP contribution in [0.4, 0.5) is 0 Å². The van der Waals surface area contributed by atoms with Crippen LogP contribution in [0.15, 0.2) is 25.3 Å².